The molecule has 162 valence electrons. The summed E-state index contributed by atoms with van der Waals surface area (Å²) in [6.07, 6.45) is 0.131. The van der Waals surface area contributed by atoms with E-state index in [2.05, 4.69) is 10.4 Å². The van der Waals surface area contributed by atoms with Gasteiger partial charge in [-0.3, -0.25) is 9.59 Å². The van der Waals surface area contributed by atoms with Crippen LogP contribution in [0.5, 0.6) is 0 Å². The zero-order valence-electron chi connectivity index (χ0n) is 18.5. The van der Waals surface area contributed by atoms with Gasteiger partial charge in [0.15, 0.2) is 0 Å². The maximum absolute atomic E-state index is 13.2. The number of benzene rings is 2. The minimum absolute atomic E-state index is 0.0452. The lowest BCUT2D eigenvalue weighted by atomic mass is 10.1. The van der Waals surface area contributed by atoms with Crippen LogP contribution < -0.4 is 5.32 Å². The molecule has 0 saturated heterocycles. The average molecular weight is 423 g/mol. The zero-order valence-corrected chi connectivity index (χ0v) is 18.5. The molecule has 6 nitrogen and oxygen atoms in total. The van der Waals surface area contributed by atoms with Crippen LogP contribution in [0.15, 0.2) is 42.5 Å². The van der Waals surface area contributed by atoms with Crippen molar-refractivity contribution in [1.29, 1.82) is 0 Å². The topological polar surface area (TPSA) is 67.2 Å². The number of aryl methyl sites for hydroxylation is 2. The fraction of sp³-hybridized carbons (Fsp3) is 0.292. The van der Waals surface area contributed by atoms with Crippen LogP contribution in [0.25, 0.3) is 5.69 Å². The molecule has 2 aromatic carbocycles. The number of anilines is 1. The molecule has 0 saturated carbocycles. The molecular weight excluding hydrogens is 395 g/mol. The van der Waals surface area contributed by atoms with Crippen molar-refractivity contribution in [3.05, 3.63) is 76.4 Å². The smallest absolute Gasteiger partial charge is 0.243 e. The van der Waals surface area contributed by atoms with Gasteiger partial charge in [-0.25, -0.2) is 9.07 Å². The van der Waals surface area contributed by atoms with Crippen LogP contribution in [-0.4, -0.2) is 40.1 Å². The molecule has 0 radical (unpaired) electrons. The van der Waals surface area contributed by atoms with Crippen molar-refractivity contribution in [2.75, 3.05) is 18.9 Å². The van der Waals surface area contributed by atoms with Crippen molar-refractivity contribution >= 4 is 17.5 Å². The molecular formula is C24H27FN4O2. The first-order chi connectivity index (χ1) is 14.7. The number of aromatic nitrogens is 2. The highest BCUT2D eigenvalue weighted by molar-refractivity contribution is 5.95. The predicted molar refractivity (Wildman–Crippen MR) is 119 cm³/mol. The van der Waals surface area contributed by atoms with Crippen molar-refractivity contribution in [2.24, 2.45) is 0 Å². The molecule has 3 rings (SSSR count). The number of carbonyl (C=O) groups is 2. The summed E-state index contributed by atoms with van der Waals surface area (Å²) in [7, 11) is 1.61. The molecule has 7 heteroatoms. The van der Waals surface area contributed by atoms with Gasteiger partial charge in [0, 0.05) is 24.0 Å². The SMILES string of the molecule is Cc1cccc(NC(=O)CN(C)C(=O)Cc2c(C)nn(-c3ccc(F)cc3)c2C)c1C. The van der Waals surface area contributed by atoms with Gasteiger partial charge in [0.2, 0.25) is 11.8 Å². The minimum atomic E-state index is -0.318. The summed E-state index contributed by atoms with van der Waals surface area (Å²) in [5.41, 5.74) is 5.90. The van der Waals surface area contributed by atoms with Gasteiger partial charge in [-0.15, -0.1) is 0 Å². The number of hydrogen-bond acceptors (Lipinski definition) is 3. The molecule has 0 aliphatic heterocycles. The van der Waals surface area contributed by atoms with Crippen molar-refractivity contribution in [3.8, 4) is 5.69 Å². The van der Waals surface area contributed by atoms with Gasteiger partial charge in [-0.1, -0.05) is 12.1 Å². The first kappa shape index (κ1) is 22.2. The fourth-order valence-corrected chi connectivity index (χ4v) is 3.43. The Morgan fingerprint density at radius 1 is 1.06 bits per heavy atom. The highest BCUT2D eigenvalue weighted by Crippen LogP contribution is 2.20. The Bertz CT molecular complexity index is 1120. The van der Waals surface area contributed by atoms with Crippen LogP contribution in [0.2, 0.25) is 0 Å². The number of amides is 2. The number of rotatable bonds is 6. The number of halogens is 1. The van der Waals surface area contributed by atoms with Crippen LogP contribution >= 0.6 is 0 Å². The third-order valence-electron chi connectivity index (χ3n) is 5.53. The normalized spacial score (nSPS) is 10.8. The first-order valence-electron chi connectivity index (χ1n) is 10.1. The summed E-state index contributed by atoms with van der Waals surface area (Å²) >= 11 is 0. The summed E-state index contributed by atoms with van der Waals surface area (Å²) in [5.74, 6) is -0.748. The molecule has 0 unspecified atom stereocenters. The lowest BCUT2D eigenvalue weighted by Gasteiger charge is -2.18. The zero-order chi connectivity index (χ0) is 22.7. The summed E-state index contributed by atoms with van der Waals surface area (Å²) in [6, 6.07) is 11.7. The van der Waals surface area contributed by atoms with Crippen LogP contribution in [0, 0.1) is 33.5 Å². The number of likely N-dealkylation sites (N-methyl/N-ethyl adjacent to an activating group) is 1. The monoisotopic (exact) mass is 422 g/mol. The van der Waals surface area contributed by atoms with E-state index in [4.69, 9.17) is 0 Å². The summed E-state index contributed by atoms with van der Waals surface area (Å²) in [6.45, 7) is 7.60. The lowest BCUT2D eigenvalue weighted by Crippen LogP contribution is -2.36. The molecule has 0 aliphatic rings. The van der Waals surface area contributed by atoms with E-state index in [1.807, 2.05) is 45.9 Å². The van der Waals surface area contributed by atoms with Crippen molar-refractivity contribution in [3.63, 3.8) is 0 Å². The van der Waals surface area contributed by atoms with Gasteiger partial charge in [0.05, 0.1) is 24.3 Å². The maximum atomic E-state index is 13.2. The molecule has 0 fully saturated rings. The lowest BCUT2D eigenvalue weighted by molar-refractivity contribution is -0.132. The van der Waals surface area contributed by atoms with Crippen LogP contribution in [0.4, 0.5) is 10.1 Å². The van der Waals surface area contributed by atoms with Gasteiger partial charge in [0.25, 0.3) is 0 Å². The third-order valence-corrected chi connectivity index (χ3v) is 5.53. The second-order valence-electron chi connectivity index (χ2n) is 7.76. The molecule has 1 aromatic heterocycles. The minimum Gasteiger partial charge on any atom is -0.336 e. The van der Waals surface area contributed by atoms with Crippen molar-refractivity contribution in [1.82, 2.24) is 14.7 Å². The van der Waals surface area contributed by atoms with Crippen LogP contribution in [0.1, 0.15) is 28.1 Å². The molecule has 0 bridgehead atoms. The maximum Gasteiger partial charge on any atom is 0.243 e. The van der Waals surface area contributed by atoms with Crippen LogP contribution in [-0.2, 0) is 16.0 Å². The van der Waals surface area contributed by atoms with Gasteiger partial charge in [-0.05, 0) is 69.2 Å². The highest BCUT2D eigenvalue weighted by Gasteiger charge is 2.20. The molecule has 0 spiro atoms. The second kappa shape index (κ2) is 9.12. The van der Waals surface area contributed by atoms with Gasteiger partial charge in [-0.2, -0.15) is 5.10 Å². The Labute approximate surface area is 181 Å². The summed E-state index contributed by atoms with van der Waals surface area (Å²) in [4.78, 5) is 26.6. The van der Waals surface area contributed by atoms with E-state index < -0.39 is 0 Å². The van der Waals surface area contributed by atoms with Gasteiger partial charge >= 0.3 is 0 Å². The number of carbonyl (C=O) groups excluding carboxylic acids is 2. The number of hydrogen-bond donors (Lipinski definition) is 1. The molecule has 3 aromatic rings. The Morgan fingerprint density at radius 2 is 1.74 bits per heavy atom. The Balaban J connectivity index is 1.67. The van der Waals surface area contributed by atoms with E-state index in [-0.39, 0.29) is 30.6 Å². The highest BCUT2D eigenvalue weighted by atomic mass is 19.1. The van der Waals surface area contributed by atoms with E-state index in [1.54, 1.807) is 23.9 Å². The quantitative estimate of drug-likeness (QED) is 0.656. The van der Waals surface area contributed by atoms with E-state index >= 15 is 0 Å². The molecule has 0 atom stereocenters. The standard InChI is InChI=1S/C24H27FN4O2/c1-15-7-6-8-22(16(15)2)26-23(30)14-28(5)24(31)13-21-17(3)27-29(18(21)4)20-11-9-19(25)10-12-20/h6-12H,13-14H2,1-5H3,(H,26,30). The fourth-order valence-electron chi connectivity index (χ4n) is 3.43. The van der Waals surface area contributed by atoms with Gasteiger partial charge < -0.3 is 10.2 Å². The Kier molecular flexibility index (Phi) is 6.53. The third kappa shape index (κ3) is 4.99. The van der Waals surface area contributed by atoms with Gasteiger partial charge in [0.1, 0.15) is 5.82 Å². The molecule has 1 heterocycles. The molecule has 1 N–H and O–H groups in total. The van der Waals surface area contributed by atoms with E-state index in [0.29, 0.717) is 0 Å². The van der Waals surface area contributed by atoms with Crippen molar-refractivity contribution in [2.45, 2.75) is 34.1 Å². The van der Waals surface area contributed by atoms with E-state index in [1.165, 1.54) is 17.0 Å². The van der Waals surface area contributed by atoms with E-state index in [0.717, 1.165) is 39.5 Å². The first-order valence-corrected chi connectivity index (χ1v) is 10.1. The molecule has 0 aliphatic carbocycles. The number of nitrogens with one attached hydrogen (secondary N) is 1. The summed E-state index contributed by atoms with van der Waals surface area (Å²) < 4.78 is 14.9. The summed E-state index contributed by atoms with van der Waals surface area (Å²) in [5, 5.41) is 7.38. The number of nitrogens with zero attached hydrogens (tertiary/aromatic N) is 3. The Hall–Kier alpha value is -3.48. The molecule has 2 amide bonds. The largest absolute Gasteiger partial charge is 0.336 e. The second-order valence-corrected chi connectivity index (χ2v) is 7.76. The van der Waals surface area contributed by atoms with Crippen molar-refractivity contribution < 1.29 is 14.0 Å². The average Bonchev–Trinajstić information content (AvgIpc) is 3.00. The van der Waals surface area contributed by atoms with E-state index in [9.17, 15) is 14.0 Å². The predicted octanol–water partition coefficient (Wildman–Crippen LogP) is 3.88. The van der Waals surface area contributed by atoms with Crippen LogP contribution in [0.3, 0.4) is 0 Å². The Morgan fingerprint density at radius 3 is 2.42 bits per heavy atom. The molecule has 31 heavy (non-hydrogen) atoms.